The summed E-state index contributed by atoms with van der Waals surface area (Å²) in [6, 6.07) is 12.9. The van der Waals surface area contributed by atoms with Crippen LogP contribution >= 0.6 is 0 Å². The lowest BCUT2D eigenvalue weighted by Gasteiger charge is -2.09. The molecule has 164 valence electrons. The molecule has 2 heterocycles. The first kappa shape index (κ1) is 21.2. The highest BCUT2D eigenvalue weighted by Gasteiger charge is 2.30. The molecule has 0 aliphatic rings. The van der Waals surface area contributed by atoms with Crippen molar-refractivity contribution in [3.8, 4) is 17.3 Å². The molecule has 0 saturated carbocycles. The van der Waals surface area contributed by atoms with Gasteiger partial charge in [-0.1, -0.05) is 12.1 Å². The number of nitrogens with one attached hydrogen (secondary N) is 1. The van der Waals surface area contributed by atoms with Crippen LogP contribution < -0.4 is 10.1 Å². The Hall–Kier alpha value is -4.02. The number of ether oxygens (including phenoxy) is 1. The Morgan fingerprint density at radius 1 is 1.03 bits per heavy atom. The molecule has 2 aromatic heterocycles. The summed E-state index contributed by atoms with van der Waals surface area (Å²) in [5.41, 5.74) is 0.199. The van der Waals surface area contributed by atoms with Crippen LogP contribution in [0.15, 0.2) is 60.7 Å². The Labute approximate surface area is 178 Å². The summed E-state index contributed by atoms with van der Waals surface area (Å²) in [6.07, 6.45) is -4.46. The maximum atomic E-state index is 13.5. The zero-order chi connectivity index (χ0) is 22.7. The van der Waals surface area contributed by atoms with E-state index in [2.05, 4.69) is 20.6 Å². The number of hydrogen-bond acceptors (Lipinski definition) is 5. The van der Waals surface area contributed by atoms with Crippen molar-refractivity contribution >= 4 is 11.6 Å². The second-order valence-corrected chi connectivity index (χ2v) is 6.65. The Morgan fingerprint density at radius 3 is 2.53 bits per heavy atom. The minimum Gasteiger partial charge on any atom is -0.475 e. The molecule has 0 spiro atoms. The van der Waals surface area contributed by atoms with E-state index >= 15 is 0 Å². The molecule has 4 rings (SSSR count). The van der Waals surface area contributed by atoms with E-state index < -0.39 is 23.5 Å². The lowest BCUT2D eigenvalue weighted by molar-refractivity contribution is -0.137. The van der Waals surface area contributed by atoms with Gasteiger partial charge in [0.05, 0.1) is 12.1 Å². The normalized spacial score (nSPS) is 11.5. The van der Waals surface area contributed by atoms with E-state index in [1.54, 1.807) is 24.3 Å². The van der Waals surface area contributed by atoms with Crippen LogP contribution in [0.1, 0.15) is 15.9 Å². The molecule has 0 atom stereocenters. The van der Waals surface area contributed by atoms with Gasteiger partial charge in [0.25, 0.3) is 5.91 Å². The van der Waals surface area contributed by atoms with Crippen molar-refractivity contribution in [3.05, 3.63) is 77.6 Å². The fraction of sp³-hybridized carbons (Fsp3) is 0.143. The van der Waals surface area contributed by atoms with E-state index in [1.165, 1.54) is 16.6 Å². The Kier molecular flexibility index (Phi) is 5.71. The zero-order valence-electron chi connectivity index (χ0n) is 16.3. The second-order valence-electron chi connectivity index (χ2n) is 6.65. The van der Waals surface area contributed by atoms with Gasteiger partial charge in [0.2, 0.25) is 5.88 Å². The third kappa shape index (κ3) is 4.66. The lowest BCUT2D eigenvalue weighted by atomic mass is 10.1. The highest BCUT2D eigenvalue weighted by atomic mass is 19.4. The number of nitrogens with zero attached hydrogens (tertiary/aromatic N) is 4. The number of benzene rings is 2. The molecule has 0 saturated heterocycles. The van der Waals surface area contributed by atoms with Gasteiger partial charge >= 0.3 is 6.18 Å². The third-order valence-electron chi connectivity index (χ3n) is 4.43. The zero-order valence-corrected chi connectivity index (χ0v) is 16.3. The maximum Gasteiger partial charge on any atom is 0.416 e. The molecule has 7 nitrogen and oxygen atoms in total. The molecule has 0 aliphatic carbocycles. The molecule has 0 unspecified atom stereocenters. The first-order chi connectivity index (χ1) is 15.3. The van der Waals surface area contributed by atoms with Crippen LogP contribution in [0, 0.1) is 5.82 Å². The highest BCUT2D eigenvalue weighted by Crippen LogP contribution is 2.29. The van der Waals surface area contributed by atoms with Crippen LogP contribution in [-0.4, -0.2) is 38.9 Å². The van der Waals surface area contributed by atoms with Crippen LogP contribution in [0.3, 0.4) is 0 Å². The molecule has 11 heteroatoms. The van der Waals surface area contributed by atoms with E-state index in [0.717, 1.165) is 24.3 Å². The Balaban J connectivity index is 1.36. The van der Waals surface area contributed by atoms with Gasteiger partial charge in [0, 0.05) is 17.2 Å². The molecule has 0 fully saturated rings. The first-order valence-corrected chi connectivity index (χ1v) is 9.38. The number of amides is 1. The number of halogens is 4. The maximum absolute atomic E-state index is 13.5. The average Bonchev–Trinajstić information content (AvgIpc) is 3.19. The minimum atomic E-state index is -4.46. The number of fused-ring (bicyclic) bond motifs is 1. The van der Waals surface area contributed by atoms with Gasteiger partial charge in [0.1, 0.15) is 12.4 Å². The summed E-state index contributed by atoms with van der Waals surface area (Å²) in [7, 11) is 0. The average molecular weight is 445 g/mol. The van der Waals surface area contributed by atoms with E-state index in [1.807, 2.05) is 0 Å². The molecule has 0 bridgehead atoms. The van der Waals surface area contributed by atoms with Gasteiger partial charge in [0.15, 0.2) is 11.5 Å². The minimum absolute atomic E-state index is 0.0578. The topological polar surface area (TPSA) is 81.4 Å². The van der Waals surface area contributed by atoms with Crippen molar-refractivity contribution in [2.24, 2.45) is 0 Å². The molecule has 0 radical (unpaired) electrons. The monoisotopic (exact) mass is 445 g/mol. The molecule has 4 aromatic rings. The van der Waals surface area contributed by atoms with Crippen molar-refractivity contribution < 1.29 is 27.1 Å². The molecule has 1 amide bonds. The molecular formula is C21H15F4N5O2. The molecule has 1 N–H and O–H groups in total. The van der Waals surface area contributed by atoms with Gasteiger partial charge < -0.3 is 10.1 Å². The summed E-state index contributed by atoms with van der Waals surface area (Å²) in [4.78, 5) is 12.1. The van der Waals surface area contributed by atoms with Crippen molar-refractivity contribution in [3.63, 3.8) is 0 Å². The van der Waals surface area contributed by atoms with Crippen LogP contribution in [0.25, 0.3) is 17.0 Å². The molecular weight excluding hydrogens is 430 g/mol. The van der Waals surface area contributed by atoms with E-state index in [9.17, 15) is 22.4 Å². The van der Waals surface area contributed by atoms with Crippen molar-refractivity contribution in [1.82, 2.24) is 25.1 Å². The number of aromatic nitrogens is 4. The number of carbonyl (C=O) groups is 1. The fourth-order valence-electron chi connectivity index (χ4n) is 2.89. The summed E-state index contributed by atoms with van der Waals surface area (Å²) in [6.45, 7) is 0.154. The summed E-state index contributed by atoms with van der Waals surface area (Å²) in [5, 5.41) is 14.8. The number of hydrogen-bond donors (Lipinski definition) is 1. The number of carbonyl (C=O) groups excluding carboxylic acids is 1. The van der Waals surface area contributed by atoms with Gasteiger partial charge in [-0.05, 0) is 42.5 Å². The standard InChI is InChI=1S/C21H15F4N5O2/c22-16-3-1-2-14(12-16)19-28-27-17-8-9-18(29-30(17)19)32-11-10-26-20(31)13-4-6-15(7-5-13)21(23,24)25/h1-9,12H,10-11H2,(H,26,31). The van der Waals surface area contributed by atoms with Gasteiger partial charge in [-0.15, -0.1) is 15.3 Å². The molecule has 32 heavy (non-hydrogen) atoms. The third-order valence-corrected chi connectivity index (χ3v) is 4.43. The predicted octanol–water partition coefficient (Wildman–Crippen LogP) is 3.76. The van der Waals surface area contributed by atoms with Crippen LogP contribution in [0.4, 0.5) is 17.6 Å². The number of rotatable bonds is 6. The fourth-order valence-corrected chi connectivity index (χ4v) is 2.89. The van der Waals surface area contributed by atoms with Crippen molar-refractivity contribution in [1.29, 1.82) is 0 Å². The van der Waals surface area contributed by atoms with Gasteiger partial charge in [-0.25, -0.2) is 4.39 Å². The smallest absolute Gasteiger partial charge is 0.416 e. The van der Waals surface area contributed by atoms with Gasteiger partial charge in [-0.2, -0.15) is 17.7 Å². The summed E-state index contributed by atoms with van der Waals surface area (Å²) >= 11 is 0. The number of alkyl halides is 3. The first-order valence-electron chi connectivity index (χ1n) is 9.38. The summed E-state index contributed by atoms with van der Waals surface area (Å²) in [5.74, 6) is -0.396. The Morgan fingerprint density at radius 2 is 1.81 bits per heavy atom. The van der Waals surface area contributed by atoms with Gasteiger partial charge in [-0.3, -0.25) is 4.79 Å². The van der Waals surface area contributed by atoms with E-state index in [4.69, 9.17) is 4.74 Å². The SMILES string of the molecule is O=C(NCCOc1ccc2nnc(-c3cccc(F)c3)n2n1)c1ccc(C(F)(F)F)cc1. The second kappa shape index (κ2) is 8.61. The largest absolute Gasteiger partial charge is 0.475 e. The van der Waals surface area contributed by atoms with Crippen LogP contribution in [0.5, 0.6) is 5.88 Å². The van der Waals surface area contributed by atoms with Crippen LogP contribution in [-0.2, 0) is 6.18 Å². The summed E-state index contributed by atoms with van der Waals surface area (Å²) < 4.78 is 58.2. The highest BCUT2D eigenvalue weighted by molar-refractivity contribution is 5.94. The lowest BCUT2D eigenvalue weighted by Crippen LogP contribution is -2.28. The van der Waals surface area contributed by atoms with E-state index in [0.29, 0.717) is 17.0 Å². The molecule has 2 aromatic carbocycles. The van der Waals surface area contributed by atoms with Crippen molar-refractivity contribution in [2.75, 3.05) is 13.2 Å². The quantitative estimate of drug-likeness (QED) is 0.361. The van der Waals surface area contributed by atoms with Crippen LogP contribution in [0.2, 0.25) is 0 Å². The predicted molar refractivity (Wildman–Crippen MR) is 105 cm³/mol. The van der Waals surface area contributed by atoms with E-state index in [-0.39, 0.29) is 24.6 Å². The molecule has 0 aliphatic heterocycles. The van der Waals surface area contributed by atoms with Crippen molar-refractivity contribution in [2.45, 2.75) is 6.18 Å². The Bertz CT molecular complexity index is 1260.